The van der Waals surface area contributed by atoms with Crippen molar-refractivity contribution in [1.29, 1.82) is 0 Å². The van der Waals surface area contributed by atoms with Crippen LogP contribution in [0.4, 0.5) is 0 Å². The Kier molecular flexibility index (Phi) is 7.51. The minimum atomic E-state index is -0.0629. The summed E-state index contributed by atoms with van der Waals surface area (Å²) in [7, 11) is 5.26. The molecule has 0 spiro atoms. The number of nitrogens with one attached hydrogen (secondary N) is 2. The van der Waals surface area contributed by atoms with E-state index in [1.54, 1.807) is 14.2 Å². The Bertz CT molecular complexity index is 860. The summed E-state index contributed by atoms with van der Waals surface area (Å²) in [6, 6.07) is 5.70. The zero-order chi connectivity index (χ0) is 21.5. The number of ether oxygens (including phenoxy) is 3. The number of benzene rings is 1. The number of aryl methyl sites for hydroxylation is 1. The number of aromatic nitrogens is 3. The second-order valence-corrected chi connectivity index (χ2v) is 7.38. The van der Waals surface area contributed by atoms with Gasteiger partial charge in [0.2, 0.25) is 0 Å². The minimum Gasteiger partial charge on any atom is -0.497 e. The summed E-state index contributed by atoms with van der Waals surface area (Å²) in [5.74, 6) is 3.91. The molecular formula is C21H32N6O3. The Morgan fingerprint density at radius 3 is 2.80 bits per heavy atom. The average molecular weight is 417 g/mol. The largest absolute Gasteiger partial charge is 0.497 e. The SMILES string of the molecule is COc1ccc(OC)c(C(C)NC(=NCc2nnc(C)n2C)NCC2CCCO2)c1. The third kappa shape index (κ3) is 5.41. The Morgan fingerprint density at radius 1 is 1.33 bits per heavy atom. The van der Waals surface area contributed by atoms with Crippen LogP contribution >= 0.6 is 0 Å². The van der Waals surface area contributed by atoms with E-state index in [-0.39, 0.29) is 12.1 Å². The van der Waals surface area contributed by atoms with Crippen LogP contribution < -0.4 is 20.1 Å². The zero-order valence-electron chi connectivity index (χ0n) is 18.4. The Hall–Kier alpha value is -2.81. The second kappa shape index (κ2) is 10.3. The number of rotatable bonds is 8. The van der Waals surface area contributed by atoms with Crippen LogP contribution in [0, 0.1) is 6.92 Å². The van der Waals surface area contributed by atoms with Gasteiger partial charge in [-0.1, -0.05) is 0 Å². The van der Waals surface area contributed by atoms with Gasteiger partial charge in [0.25, 0.3) is 0 Å². The summed E-state index contributed by atoms with van der Waals surface area (Å²) >= 11 is 0. The Balaban J connectivity index is 1.76. The van der Waals surface area contributed by atoms with Crippen LogP contribution in [0.25, 0.3) is 0 Å². The predicted molar refractivity (Wildman–Crippen MR) is 115 cm³/mol. The molecule has 2 N–H and O–H groups in total. The number of aliphatic imine (C=N–C) groups is 1. The molecule has 0 aliphatic carbocycles. The molecule has 1 fully saturated rings. The fourth-order valence-electron chi connectivity index (χ4n) is 3.37. The fourth-order valence-corrected chi connectivity index (χ4v) is 3.37. The lowest BCUT2D eigenvalue weighted by atomic mass is 10.1. The molecule has 3 rings (SSSR count). The van der Waals surface area contributed by atoms with Gasteiger partial charge in [0.05, 0.1) is 26.4 Å². The second-order valence-electron chi connectivity index (χ2n) is 7.38. The molecule has 1 saturated heterocycles. The average Bonchev–Trinajstić information content (AvgIpc) is 3.40. The van der Waals surface area contributed by atoms with Crippen molar-refractivity contribution in [3.8, 4) is 11.5 Å². The van der Waals surface area contributed by atoms with Gasteiger partial charge in [-0.3, -0.25) is 0 Å². The van der Waals surface area contributed by atoms with Gasteiger partial charge >= 0.3 is 0 Å². The molecule has 1 aliphatic heterocycles. The van der Waals surface area contributed by atoms with Crippen LogP contribution in [-0.2, 0) is 18.3 Å². The third-order valence-corrected chi connectivity index (χ3v) is 5.34. The van der Waals surface area contributed by atoms with E-state index in [0.717, 1.165) is 48.2 Å². The van der Waals surface area contributed by atoms with Crippen molar-refractivity contribution in [3.63, 3.8) is 0 Å². The number of nitrogens with zero attached hydrogens (tertiary/aromatic N) is 4. The van der Waals surface area contributed by atoms with E-state index in [2.05, 4.69) is 27.8 Å². The molecule has 0 saturated carbocycles. The highest BCUT2D eigenvalue weighted by atomic mass is 16.5. The molecular weight excluding hydrogens is 384 g/mol. The minimum absolute atomic E-state index is 0.0629. The quantitative estimate of drug-likeness (QED) is 0.503. The van der Waals surface area contributed by atoms with E-state index in [1.165, 1.54) is 0 Å². The molecule has 0 radical (unpaired) electrons. The van der Waals surface area contributed by atoms with Crippen molar-refractivity contribution in [1.82, 2.24) is 25.4 Å². The fraction of sp³-hybridized carbons (Fsp3) is 0.571. The summed E-state index contributed by atoms with van der Waals surface area (Å²) in [5, 5.41) is 15.2. The highest BCUT2D eigenvalue weighted by Gasteiger charge is 2.18. The third-order valence-electron chi connectivity index (χ3n) is 5.34. The predicted octanol–water partition coefficient (Wildman–Crippen LogP) is 2.12. The summed E-state index contributed by atoms with van der Waals surface area (Å²) in [6.07, 6.45) is 2.36. The monoisotopic (exact) mass is 416 g/mol. The molecule has 2 unspecified atom stereocenters. The van der Waals surface area contributed by atoms with E-state index in [9.17, 15) is 0 Å². The van der Waals surface area contributed by atoms with Crippen LogP contribution in [0.3, 0.4) is 0 Å². The lowest BCUT2D eigenvalue weighted by molar-refractivity contribution is 0.113. The summed E-state index contributed by atoms with van der Waals surface area (Å²) in [6.45, 7) is 5.92. The molecule has 9 nitrogen and oxygen atoms in total. The maximum atomic E-state index is 5.74. The first-order valence-electron chi connectivity index (χ1n) is 10.2. The molecule has 30 heavy (non-hydrogen) atoms. The molecule has 2 heterocycles. The van der Waals surface area contributed by atoms with Gasteiger partial charge in [0.15, 0.2) is 11.8 Å². The molecule has 1 aromatic heterocycles. The number of guanidine groups is 1. The highest BCUT2D eigenvalue weighted by Crippen LogP contribution is 2.29. The molecule has 1 aliphatic rings. The van der Waals surface area contributed by atoms with Crippen LogP contribution in [0.2, 0.25) is 0 Å². The van der Waals surface area contributed by atoms with Crippen LogP contribution in [0.15, 0.2) is 23.2 Å². The molecule has 0 amide bonds. The van der Waals surface area contributed by atoms with Crippen molar-refractivity contribution >= 4 is 5.96 Å². The van der Waals surface area contributed by atoms with Crippen molar-refractivity contribution < 1.29 is 14.2 Å². The molecule has 1 aromatic carbocycles. The zero-order valence-corrected chi connectivity index (χ0v) is 18.4. The van der Waals surface area contributed by atoms with Crippen LogP contribution in [0.1, 0.15) is 43.0 Å². The number of hydrogen-bond donors (Lipinski definition) is 2. The van der Waals surface area contributed by atoms with Crippen molar-refractivity contribution in [3.05, 3.63) is 35.4 Å². The van der Waals surface area contributed by atoms with E-state index in [0.29, 0.717) is 19.0 Å². The highest BCUT2D eigenvalue weighted by molar-refractivity contribution is 5.80. The maximum Gasteiger partial charge on any atom is 0.192 e. The van der Waals surface area contributed by atoms with Crippen LogP contribution in [-0.4, -0.2) is 54.2 Å². The number of hydrogen-bond acceptors (Lipinski definition) is 6. The molecule has 164 valence electrons. The Labute approximate surface area is 177 Å². The van der Waals surface area contributed by atoms with Gasteiger partial charge in [-0.15, -0.1) is 10.2 Å². The van der Waals surface area contributed by atoms with Gasteiger partial charge in [-0.05, 0) is 44.9 Å². The standard InChI is InChI=1S/C21H32N6O3/c1-14(18-11-16(28-4)8-9-19(18)29-5)24-21(22-12-17-7-6-10-30-17)23-13-20-26-25-15(2)27(20)3/h8-9,11,14,17H,6-7,10,12-13H2,1-5H3,(H2,22,23,24). The van der Waals surface area contributed by atoms with Gasteiger partial charge < -0.3 is 29.4 Å². The molecule has 9 heteroatoms. The van der Waals surface area contributed by atoms with Crippen molar-refractivity contribution in [2.45, 2.75) is 45.4 Å². The lowest BCUT2D eigenvalue weighted by Crippen LogP contribution is -2.42. The lowest BCUT2D eigenvalue weighted by Gasteiger charge is -2.22. The van der Waals surface area contributed by atoms with Gasteiger partial charge in [0, 0.05) is 25.8 Å². The first-order valence-corrected chi connectivity index (χ1v) is 10.2. The van der Waals surface area contributed by atoms with Gasteiger partial charge in [0.1, 0.15) is 23.9 Å². The van der Waals surface area contributed by atoms with E-state index < -0.39 is 0 Å². The number of methoxy groups -OCH3 is 2. The van der Waals surface area contributed by atoms with E-state index >= 15 is 0 Å². The summed E-state index contributed by atoms with van der Waals surface area (Å²) < 4.78 is 18.6. The summed E-state index contributed by atoms with van der Waals surface area (Å²) in [4.78, 5) is 4.74. The molecule has 2 atom stereocenters. The van der Waals surface area contributed by atoms with Crippen molar-refractivity contribution in [2.24, 2.45) is 12.0 Å². The smallest absolute Gasteiger partial charge is 0.192 e. The van der Waals surface area contributed by atoms with Crippen LogP contribution in [0.5, 0.6) is 11.5 Å². The normalized spacial score (nSPS) is 17.6. The first-order chi connectivity index (χ1) is 14.5. The van der Waals surface area contributed by atoms with Crippen molar-refractivity contribution in [2.75, 3.05) is 27.4 Å². The van der Waals surface area contributed by atoms with E-state index in [1.807, 2.05) is 36.7 Å². The summed E-state index contributed by atoms with van der Waals surface area (Å²) in [5.41, 5.74) is 0.984. The topological polar surface area (TPSA) is 94.8 Å². The molecule has 2 aromatic rings. The van der Waals surface area contributed by atoms with Gasteiger partial charge in [-0.25, -0.2) is 4.99 Å². The maximum absolute atomic E-state index is 5.74. The van der Waals surface area contributed by atoms with Gasteiger partial charge in [-0.2, -0.15) is 0 Å². The first kappa shape index (κ1) is 21.9. The Morgan fingerprint density at radius 2 is 2.17 bits per heavy atom. The molecule has 0 bridgehead atoms. The van der Waals surface area contributed by atoms with E-state index in [4.69, 9.17) is 19.2 Å².